The molecule has 0 bridgehead atoms. The second-order valence-electron chi connectivity index (χ2n) is 5.17. The minimum atomic E-state index is -0.715. The lowest BCUT2D eigenvalue weighted by Gasteiger charge is -2.29. The molecule has 0 N–H and O–H groups in total. The lowest BCUT2D eigenvalue weighted by atomic mass is 9.96. The normalized spacial score (nSPS) is 23.9. The standard InChI is InChI=1S/C16H16O5/c1-16(9-12(18-2)8-15(17)21-16)6-5-11-3-4-13-14(7-11)20-10-19-13/h3-8H,9-10H2,1-2H3. The first-order valence-electron chi connectivity index (χ1n) is 6.64. The molecule has 1 aromatic carbocycles. The molecule has 5 heteroatoms. The molecule has 5 nitrogen and oxygen atoms in total. The Labute approximate surface area is 122 Å². The quantitative estimate of drug-likeness (QED) is 0.800. The lowest BCUT2D eigenvalue weighted by Crippen LogP contribution is -2.33. The number of carbonyl (C=O) groups is 1. The minimum Gasteiger partial charge on any atom is -0.501 e. The molecule has 110 valence electrons. The highest BCUT2D eigenvalue weighted by Gasteiger charge is 2.31. The molecule has 3 rings (SSSR count). The molecule has 2 heterocycles. The Morgan fingerprint density at radius 2 is 2.10 bits per heavy atom. The summed E-state index contributed by atoms with van der Waals surface area (Å²) in [5.41, 5.74) is 0.234. The first-order chi connectivity index (χ1) is 10.1. The summed E-state index contributed by atoms with van der Waals surface area (Å²) in [4.78, 5) is 11.6. The van der Waals surface area contributed by atoms with Crippen LogP contribution >= 0.6 is 0 Å². The number of cyclic esters (lactones) is 1. The van der Waals surface area contributed by atoms with Crippen molar-refractivity contribution < 1.29 is 23.7 Å². The third-order valence-corrected chi connectivity index (χ3v) is 3.42. The molecule has 0 fully saturated rings. The van der Waals surface area contributed by atoms with E-state index < -0.39 is 11.6 Å². The molecule has 1 unspecified atom stereocenters. The van der Waals surface area contributed by atoms with Gasteiger partial charge in [0.05, 0.1) is 13.2 Å². The van der Waals surface area contributed by atoms with Crippen molar-refractivity contribution in [2.45, 2.75) is 18.9 Å². The molecule has 2 aliphatic heterocycles. The zero-order chi connectivity index (χ0) is 14.9. The molecule has 1 aromatic rings. The molecule has 0 saturated heterocycles. The number of esters is 1. The van der Waals surface area contributed by atoms with Crippen LogP contribution < -0.4 is 9.47 Å². The van der Waals surface area contributed by atoms with Crippen molar-refractivity contribution in [3.05, 3.63) is 41.7 Å². The van der Waals surface area contributed by atoms with Gasteiger partial charge in [0.2, 0.25) is 6.79 Å². The average Bonchev–Trinajstić information content (AvgIpc) is 2.91. The van der Waals surface area contributed by atoms with Gasteiger partial charge in [-0.05, 0) is 30.7 Å². The van der Waals surface area contributed by atoms with Gasteiger partial charge in [-0.3, -0.25) is 0 Å². The van der Waals surface area contributed by atoms with Crippen LogP contribution in [0.15, 0.2) is 36.1 Å². The van der Waals surface area contributed by atoms with E-state index in [9.17, 15) is 4.79 Å². The van der Waals surface area contributed by atoms with E-state index >= 15 is 0 Å². The monoisotopic (exact) mass is 288 g/mol. The molecular formula is C16H16O5. The van der Waals surface area contributed by atoms with Gasteiger partial charge < -0.3 is 18.9 Å². The van der Waals surface area contributed by atoms with Crippen molar-refractivity contribution in [2.75, 3.05) is 13.9 Å². The maximum atomic E-state index is 11.6. The van der Waals surface area contributed by atoms with E-state index in [-0.39, 0.29) is 6.79 Å². The van der Waals surface area contributed by atoms with Crippen LogP contribution in [0.1, 0.15) is 18.9 Å². The number of fused-ring (bicyclic) bond motifs is 1. The maximum absolute atomic E-state index is 11.6. The molecule has 21 heavy (non-hydrogen) atoms. The summed E-state index contributed by atoms with van der Waals surface area (Å²) in [6.45, 7) is 2.10. The van der Waals surface area contributed by atoms with Gasteiger partial charge in [0.1, 0.15) is 11.4 Å². The predicted octanol–water partition coefficient (Wildman–Crippen LogP) is 2.66. The molecule has 0 aliphatic carbocycles. The number of ether oxygens (including phenoxy) is 4. The van der Waals surface area contributed by atoms with E-state index in [1.807, 2.05) is 37.3 Å². The largest absolute Gasteiger partial charge is 0.501 e. The number of benzene rings is 1. The lowest BCUT2D eigenvalue weighted by molar-refractivity contribution is -0.150. The molecular weight excluding hydrogens is 272 g/mol. The summed E-state index contributed by atoms with van der Waals surface area (Å²) in [7, 11) is 1.55. The van der Waals surface area contributed by atoms with Gasteiger partial charge in [0.15, 0.2) is 11.5 Å². The van der Waals surface area contributed by atoms with Crippen molar-refractivity contribution in [3.8, 4) is 11.5 Å². The van der Waals surface area contributed by atoms with Gasteiger partial charge in [0.25, 0.3) is 0 Å². The second kappa shape index (κ2) is 5.16. The van der Waals surface area contributed by atoms with Crippen molar-refractivity contribution in [1.29, 1.82) is 0 Å². The Morgan fingerprint density at radius 3 is 2.90 bits per heavy atom. The average molecular weight is 288 g/mol. The van der Waals surface area contributed by atoms with Gasteiger partial charge in [-0.1, -0.05) is 12.1 Å². The van der Waals surface area contributed by atoms with E-state index in [2.05, 4.69) is 0 Å². The Morgan fingerprint density at radius 1 is 1.29 bits per heavy atom. The van der Waals surface area contributed by atoms with Gasteiger partial charge in [0, 0.05) is 6.42 Å². The Hall–Kier alpha value is -2.43. The molecule has 2 aliphatic rings. The van der Waals surface area contributed by atoms with Crippen molar-refractivity contribution in [3.63, 3.8) is 0 Å². The molecule has 0 amide bonds. The van der Waals surface area contributed by atoms with Crippen molar-refractivity contribution in [1.82, 2.24) is 0 Å². The predicted molar refractivity (Wildman–Crippen MR) is 75.8 cm³/mol. The van der Waals surface area contributed by atoms with Gasteiger partial charge in [-0.2, -0.15) is 0 Å². The summed E-state index contributed by atoms with van der Waals surface area (Å²) in [5.74, 6) is 1.69. The molecule has 0 radical (unpaired) electrons. The molecule has 1 atom stereocenters. The fraction of sp³-hybridized carbons (Fsp3) is 0.312. The number of rotatable bonds is 3. The highest BCUT2D eigenvalue weighted by Crippen LogP contribution is 2.34. The van der Waals surface area contributed by atoms with Crippen LogP contribution in [-0.4, -0.2) is 25.5 Å². The molecule has 0 aromatic heterocycles. The van der Waals surface area contributed by atoms with Crippen LogP contribution in [0.2, 0.25) is 0 Å². The Kier molecular flexibility index (Phi) is 3.33. The smallest absolute Gasteiger partial charge is 0.335 e. The van der Waals surface area contributed by atoms with E-state index in [1.54, 1.807) is 7.11 Å². The second-order valence-corrected chi connectivity index (χ2v) is 5.17. The molecule has 0 saturated carbocycles. The first-order valence-corrected chi connectivity index (χ1v) is 6.64. The number of hydrogen-bond acceptors (Lipinski definition) is 5. The van der Waals surface area contributed by atoms with Crippen molar-refractivity contribution >= 4 is 12.0 Å². The molecule has 0 spiro atoms. The van der Waals surface area contributed by atoms with Crippen LogP contribution in [0, 0.1) is 0 Å². The van der Waals surface area contributed by atoms with E-state index in [0.29, 0.717) is 12.2 Å². The Bertz CT molecular complexity index is 632. The van der Waals surface area contributed by atoms with E-state index in [4.69, 9.17) is 18.9 Å². The van der Waals surface area contributed by atoms with Crippen LogP contribution in [0.5, 0.6) is 11.5 Å². The van der Waals surface area contributed by atoms with E-state index in [0.717, 1.165) is 17.1 Å². The zero-order valence-electron chi connectivity index (χ0n) is 11.9. The van der Waals surface area contributed by atoms with Gasteiger partial charge in [-0.25, -0.2) is 4.79 Å². The van der Waals surface area contributed by atoms with Crippen LogP contribution in [0.4, 0.5) is 0 Å². The number of methoxy groups -OCH3 is 1. The Balaban J connectivity index is 1.79. The maximum Gasteiger partial charge on any atom is 0.335 e. The fourth-order valence-electron chi connectivity index (χ4n) is 2.34. The van der Waals surface area contributed by atoms with Gasteiger partial charge in [-0.15, -0.1) is 0 Å². The first kappa shape index (κ1) is 13.5. The number of carbonyl (C=O) groups excluding carboxylic acids is 1. The minimum absolute atomic E-state index is 0.250. The van der Waals surface area contributed by atoms with Crippen LogP contribution in [0.25, 0.3) is 6.08 Å². The zero-order valence-corrected chi connectivity index (χ0v) is 11.9. The summed E-state index contributed by atoms with van der Waals surface area (Å²) < 4.78 is 21.1. The SMILES string of the molecule is COC1=CC(=O)OC(C)(C=Cc2ccc3c(c2)OCO3)C1. The highest BCUT2D eigenvalue weighted by molar-refractivity contribution is 5.84. The van der Waals surface area contributed by atoms with Crippen LogP contribution in [0.3, 0.4) is 0 Å². The summed E-state index contributed by atoms with van der Waals surface area (Å²) in [6, 6.07) is 5.67. The fourth-order valence-corrected chi connectivity index (χ4v) is 2.34. The third kappa shape index (κ3) is 2.86. The third-order valence-electron chi connectivity index (χ3n) is 3.42. The summed E-state index contributed by atoms with van der Waals surface area (Å²) in [6.07, 6.45) is 5.63. The van der Waals surface area contributed by atoms with Crippen molar-refractivity contribution in [2.24, 2.45) is 0 Å². The summed E-state index contributed by atoms with van der Waals surface area (Å²) in [5, 5.41) is 0. The number of hydrogen-bond donors (Lipinski definition) is 0. The van der Waals surface area contributed by atoms with Crippen LogP contribution in [-0.2, 0) is 14.3 Å². The van der Waals surface area contributed by atoms with E-state index in [1.165, 1.54) is 6.08 Å². The topological polar surface area (TPSA) is 54.0 Å². The summed E-state index contributed by atoms with van der Waals surface area (Å²) >= 11 is 0. The highest BCUT2D eigenvalue weighted by atomic mass is 16.7. The van der Waals surface area contributed by atoms with Gasteiger partial charge >= 0.3 is 5.97 Å².